The fraction of sp³-hybridized carbons (Fsp3) is 0.105. The number of benzene rings is 1. The molecule has 3 aromatic rings. The van der Waals surface area contributed by atoms with E-state index in [0.29, 0.717) is 15.9 Å². The van der Waals surface area contributed by atoms with Crippen molar-refractivity contribution in [2.45, 2.75) is 13.5 Å². The predicted molar refractivity (Wildman–Crippen MR) is 92.0 cm³/mol. The Morgan fingerprint density at radius 2 is 1.93 bits per heavy atom. The first-order valence-electron chi connectivity index (χ1n) is 7.99. The Labute approximate surface area is 153 Å². The lowest BCUT2D eigenvalue weighted by Crippen LogP contribution is -2.27. The maximum absolute atomic E-state index is 14.0. The molecular weight excluding hydrogens is 356 g/mol. The minimum atomic E-state index is -1.11. The molecule has 0 radical (unpaired) electrons. The smallest absolute Gasteiger partial charge is 0.252 e. The summed E-state index contributed by atoms with van der Waals surface area (Å²) < 4.78 is 33.7. The van der Waals surface area contributed by atoms with Gasteiger partial charge in [0, 0.05) is 30.4 Å². The van der Waals surface area contributed by atoms with Crippen LogP contribution in [0.3, 0.4) is 0 Å². The molecule has 2 heterocycles. The molecule has 6 nitrogen and oxygen atoms in total. The second-order valence-corrected chi connectivity index (χ2v) is 5.71. The van der Waals surface area contributed by atoms with E-state index in [4.69, 9.17) is 4.74 Å². The first-order valence-corrected chi connectivity index (χ1v) is 7.99. The Bertz CT molecular complexity index is 978. The Morgan fingerprint density at radius 3 is 2.67 bits per heavy atom. The molecule has 0 aliphatic heterocycles. The minimum absolute atomic E-state index is 0.0459. The second-order valence-electron chi connectivity index (χ2n) is 5.71. The van der Waals surface area contributed by atoms with E-state index in [0.717, 1.165) is 0 Å². The van der Waals surface area contributed by atoms with Gasteiger partial charge in [-0.05, 0) is 24.6 Å². The van der Waals surface area contributed by atoms with Gasteiger partial charge in [0.1, 0.15) is 0 Å². The van der Waals surface area contributed by atoms with Crippen LogP contribution in [0, 0.1) is 23.8 Å². The van der Waals surface area contributed by atoms with E-state index >= 15 is 0 Å². The summed E-state index contributed by atoms with van der Waals surface area (Å²) in [5, 5.41) is 13.7. The summed E-state index contributed by atoms with van der Waals surface area (Å²) >= 11 is 0. The van der Waals surface area contributed by atoms with Gasteiger partial charge in [-0.2, -0.15) is 9.12 Å². The highest BCUT2D eigenvalue weighted by Crippen LogP contribution is 2.28. The van der Waals surface area contributed by atoms with Crippen LogP contribution in [-0.2, 0) is 6.54 Å². The largest absolute Gasteiger partial charge is 0.619 e. The molecule has 138 valence electrons. The second kappa shape index (κ2) is 7.77. The quantitative estimate of drug-likeness (QED) is 0.552. The van der Waals surface area contributed by atoms with Gasteiger partial charge in [-0.25, -0.2) is 9.37 Å². The summed E-state index contributed by atoms with van der Waals surface area (Å²) in [7, 11) is 0. The molecule has 0 spiro atoms. The third-order valence-corrected chi connectivity index (χ3v) is 3.80. The molecule has 0 bridgehead atoms. The van der Waals surface area contributed by atoms with E-state index in [1.54, 1.807) is 12.1 Å². The summed E-state index contributed by atoms with van der Waals surface area (Å²) in [6.45, 7) is 1.49. The van der Waals surface area contributed by atoms with Crippen LogP contribution >= 0.6 is 0 Å². The zero-order valence-corrected chi connectivity index (χ0v) is 14.3. The molecule has 0 saturated carbocycles. The Balaban J connectivity index is 1.75. The van der Waals surface area contributed by atoms with Crippen LogP contribution in [0.25, 0.3) is 0 Å². The number of nitrogens with one attached hydrogen (secondary N) is 1. The van der Waals surface area contributed by atoms with E-state index < -0.39 is 17.5 Å². The van der Waals surface area contributed by atoms with Crippen molar-refractivity contribution in [2.75, 3.05) is 0 Å². The van der Waals surface area contributed by atoms with Crippen molar-refractivity contribution in [3.63, 3.8) is 0 Å². The van der Waals surface area contributed by atoms with Gasteiger partial charge in [-0.1, -0.05) is 12.1 Å². The van der Waals surface area contributed by atoms with Crippen LogP contribution in [0.1, 0.15) is 21.5 Å². The van der Waals surface area contributed by atoms with Crippen molar-refractivity contribution in [1.82, 2.24) is 10.3 Å². The number of amides is 1. The van der Waals surface area contributed by atoms with E-state index in [9.17, 15) is 18.8 Å². The fourth-order valence-corrected chi connectivity index (χ4v) is 2.30. The van der Waals surface area contributed by atoms with Gasteiger partial charge in [0.2, 0.25) is 11.7 Å². The van der Waals surface area contributed by atoms with Crippen molar-refractivity contribution < 1.29 is 23.0 Å². The predicted octanol–water partition coefficient (Wildman–Crippen LogP) is 3.02. The van der Waals surface area contributed by atoms with Crippen molar-refractivity contribution >= 4 is 5.91 Å². The molecule has 27 heavy (non-hydrogen) atoms. The number of nitrogens with zero attached hydrogens (tertiary/aromatic N) is 2. The maximum Gasteiger partial charge on any atom is 0.252 e. The zero-order chi connectivity index (χ0) is 19.4. The summed E-state index contributed by atoms with van der Waals surface area (Å²) in [6.07, 6.45) is 3.86. The number of aryl methyl sites for hydroxylation is 1. The summed E-state index contributed by atoms with van der Waals surface area (Å²) in [6, 6.07) is 8.74. The lowest BCUT2D eigenvalue weighted by atomic mass is 10.2. The van der Waals surface area contributed by atoms with Crippen molar-refractivity contribution in [2.24, 2.45) is 0 Å². The number of aromatic nitrogens is 2. The highest BCUT2D eigenvalue weighted by atomic mass is 19.2. The number of rotatable bonds is 5. The van der Waals surface area contributed by atoms with E-state index in [1.807, 2.05) is 0 Å². The van der Waals surface area contributed by atoms with Gasteiger partial charge in [-0.15, -0.1) is 0 Å². The highest BCUT2D eigenvalue weighted by Gasteiger charge is 2.15. The zero-order valence-electron chi connectivity index (χ0n) is 14.3. The summed E-state index contributed by atoms with van der Waals surface area (Å²) in [4.78, 5) is 16.2. The van der Waals surface area contributed by atoms with Crippen LogP contribution in [0.2, 0.25) is 0 Å². The van der Waals surface area contributed by atoms with Crippen LogP contribution < -0.4 is 14.8 Å². The Morgan fingerprint density at radius 1 is 1.19 bits per heavy atom. The third-order valence-electron chi connectivity index (χ3n) is 3.80. The minimum Gasteiger partial charge on any atom is -0.619 e. The normalized spacial score (nSPS) is 10.5. The van der Waals surface area contributed by atoms with E-state index in [-0.39, 0.29) is 23.7 Å². The molecule has 0 fully saturated rings. The van der Waals surface area contributed by atoms with Gasteiger partial charge < -0.3 is 15.3 Å². The molecule has 2 aromatic heterocycles. The summed E-state index contributed by atoms with van der Waals surface area (Å²) in [5.41, 5.74) is 0.941. The van der Waals surface area contributed by atoms with Crippen LogP contribution in [0.15, 0.2) is 55.0 Å². The van der Waals surface area contributed by atoms with Crippen molar-refractivity contribution in [3.05, 3.63) is 88.5 Å². The Hall–Kier alpha value is -3.55. The molecule has 3 rings (SSSR count). The van der Waals surface area contributed by atoms with E-state index in [2.05, 4.69) is 10.3 Å². The van der Waals surface area contributed by atoms with Gasteiger partial charge in [0.05, 0.1) is 5.56 Å². The van der Waals surface area contributed by atoms with Gasteiger partial charge >= 0.3 is 0 Å². The molecule has 1 amide bonds. The molecule has 1 aromatic carbocycles. The maximum atomic E-state index is 14.0. The molecule has 0 saturated heterocycles. The van der Waals surface area contributed by atoms with E-state index in [1.165, 1.54) is 49.8 Å². The standard InChI is InChI=1S/C19H15F2N3O3/c1-12-4-5-15(17(21)16(12)20)27-19-14(3-2-8-22-19)11-23-18(25)13-6-9-24(26)10-7-13/h2-10H,11H2,1H3,(H,23,25). The van der Waals surface area contributed by atoms with Gasteiger partial charge in [0.25, 0.3) is 5.91 Å². The number of hydrogen-bond donors (Lipinski definition) is 1. The molecule has 8 heteroatoms. The Kier molecular flexibility index (Phi) is 5.25. The first kappa shape index (κ1) is 18.2. The molecular formula is C19H15F2N3O3. The lowest BCUT2D eigenvalue weighted by molar-refractivity contribution is -0.605. The number of carbonyl (C=O) groups excluding carboxylic acids is 1. The van der Waals surface area contributed by atoms with Crippen molar-refractivity contribution in [3.8, 4) is 11.6 Å². The average molecular weight is 371 g/mol. The number of hydrogen-bond acceptors (Lipinski definition) is 4. The number of carbonyl (C=O) groups is 1. The number of pyridine rings is 2. The lowest BCUT2D eigenvalue weighted by Gasteiger charge is -2.12. The van der Waals surface area contributed by atoms with Crippen molar-refractivity contribution in [1.29, 1.82) is 0 Å². The van der Waals surface area contributed by atoms with Crippen LogP contribution in [0.4, 0.5) is 8.78 Å². The number of ether oxygens (including phenoxy) is 1. The summed E-state index contributed by atoms with van der Waals surface area (Å²) in [5.74, 6) is -2.75. The molecule has 0 aliphatic carbocycles. The van der Waals surface area contributed by atoms with Gasteiger partial charge in [-0.3, -0.25) is 4.79 Å². The average Bonchev–Trinajstić information content (AvgIpc) is 2.68. The van der Waals surface area contributed by atoms with Gasteiger partial charge in [0.15, 0.2) is 24.0 Å². The number of halogens is 2. The SMILES string of the molecule is Cc1ccc(Oc2ncccc2CNC(=O)c2cc[n+]([O-])cc2)c(F)c1F. The molecule has 0 atom stereocenters. The topological polar surface area (TPSA) is 78.2 Å². The van der Waals surface area contributed by atoms with Crippen LogP contribution in [0.5, 0.6) is 11.6 Å². The fourth-order valence-electron chi connectivity index (χ4n) is 2.30. The molecule has 0 unspecified atom stereocenters. The molecule has 0 aliphatic rings. The monoisotopic (exact) mass is 371 g/mol. The first-order chi connectivity index (χ1) is 13.0. The highest BCUT2D eigenvalue weighted by molar-refractivity contribution is 5.93. The van der Waals surface area contributed by atoms with Crippen LogP contribution in [-0.4, -0.2) is 10.9 Å². The molecule has 1 N–H and O–H groups in total. The third kappa shape index (κ3) is 4.17.